The summed E-state index contributed by atoms with van der Waals surface area (Å²) in [6.07, 6.45) is 5.46. The zero-order valence-electron chi connectivity index (χ0n) is 22.8. The van der Waals surface area contributed by atoms with Gasteiger partial charge in [-0.1, -0.05) is 17.7 Å². The minimum atomic E-state index is -0.658. The molecule has 0 bridgehead atoms. The van der Waals surface area contributed by atoms with Crippen molar-refractivity contribution < 1.29 is 23.8 Å². The van der Waals surface area contributed by atoms with E-state index in [-0.39, 0.29) is 63.5 Å². The van der Waals surface area contributed by atoms with Gasteiger partial charge in [0, 0.05) is 25.2 Å². The van der Waals surface area contributed by atoms with Gasteiger partial charge in [0.15, 0.2) is 11.4 Å². The van der Waals surface area contributed by atoms with Crippen LogP contribution in [0, 0.1) is 5.82 Å². The van der Waals surface area contributed by atoms with Crippen LogP contribution in [0.4, 0.5) is 10.2 Å². The van der Waals surface area contributed by atoms with Gasteiger partial charge in [-0.2, -0.15) is 9.97 Å². The first kappa shape index (κ1) is 27.3. The van der Waals surface area contributed by atoms with E-state index in [0.29, 0.717) is 30.9 Å². The number of ketones is 1. The molecule has 10 nitrogen and oxygen atoms in total. The van der Waals surface area contributed by atoms with Gasteiger partial charge in [-0.05, 0) is 64.1 Å². The minimum absolute atomic E-state index is 0.0133. The Morgan fingerprint density at radius 3 is 2.73 bits per heavy atom. The maximum atomic E-state index is 14.8. The van der Waals surface area contributed by atoms with Gasteiger partial charge < -0.3 is 24.5 Å². The maximum Gasteiger partial charge on any atom is 0.320 e. The molecule has 2 aliphatic heterocycles. The number of likely N-dealkylation sites (tertiary alicyclic amines) is 1. The first-order chi connectivity index (χ1) is 19.7. The molecule has 6 rings (SSSR count). The molecular formula is C29H30ClFN6O4. The van der Waals surface area contributed by atoms with Crippen LogP contribution in [-0.4, -0.2) is 93.0 Å². The van der Waals surface area contributed by atoms with E-state index in [2.05, 4.69) is 26.8 Å². The number of nitrogens with zero attached hydrogens (tertiary/aromatic N) is 6. The second-order valence-corrected chi connectivity index (χ2v) is 11.2. The summed E-state index contributed by atoms with van der Waals surface area (Å²) < 4.78 is 20.9. The van der Waals surface area contributed by atoms with E-state index in [1.54, 1.807) is 11.0 Å². The van der Waals surface area contributed by atoms with Gasteiger partial charge in [0.25, 0.3) is 0 Å². The third-order valence-corrected chi connectivity index (χ3v) is 8.31. The summed E-state index contributed by atoms with van der Waals surface area (Å²) in [5.41, 5.74) is 0.215. The molecule has 1 amide bonds. The lowest BCUT2D eigenvalue weighted by molar-refractivity contribution is -0.127. The van der Waals surface area contributed by atoms with Crippen LogP contribution < -0.4 is 9.64 Å². The average molecular weight is 581 g/mol. The Morgan fingerprint density at radius 2 is 2.00 bits per heavy atom. The number of rotatable bonds is 7. The van der Waals surface area contributed by atoms with E-state index < -0.39 is 5.82 Å². The number of fused-ring (bicyclic) bond motifs is 2. The van der Waals surface area contributed by atoms with Gasteiger partial charge in [-0.25, -0.2) is 9.37 Å². The molecule has 1 saturated carbocycles. The number of anilines is 1. The Bertz CT molecular complexity index is 1550. The molecule has 2 saturated heterocycles. The normalized spacial score (nSPS) is 22.4. The van der Waals surface area contributed by atoms with Crippen LogP contribution in [0.1, 0.15) is 26.2 Å². The summed E-state index contributed by atoms with van der Waals surface area (Å²) in [7, 11) is 2.06. The molecule has 1 N–H and O–H groups in total. The molecule has 0 spiro atoms. The molecule has 214 valence electrons. The first-order valence-corrected chi connectivity index (χ1v) is 14.0. The number of aromatic hydroxyl groups is 1. The molecular weight excluding hydrogens is 551 g/mol. The molecule has 41 heavy (non-hydrogen) atoms. The summed E-state index contributed by atoms with van der Waals surface area (Å²) in [6.45, 7) is 3.75. The third kappa shape index (κ3) is 5.31. The zero-order valence-corrected chi connectivity index (χ0v) is 23.5. The maximum absolute atomic E-state index is 14.8. The van der Waals surface area contributed by atoms with Gasteiger partial charge in [-0.3, -0.25) is 9.59 Å². The van der Waals surface area contributed by atoms with E-state index >= 15 is 0 Å². The van der Waals surface area contributed by atoms with Crippen molar-refractivity contribution in [2.45, 2.75) is 44.3 Å². The minimum Gasteiger partial charge on any atom is -0.507 e. The van der Waals surface area contributed by atoms with Crippen LogP contribution in [0.2, 0.25) is 5.02 Å². The highest BCUT2D eigenvalue weighted by atomic mass is 35.5. The van der Waals surface area contributed by atoms with Crippen molar-refractivity contribution in [2.24, 2.45) is 0 Å². The molecule has 3 fully saturated rings. The number of benzene rings is 1. The summed E-state index contributed by atoms with van der Waals surface area (Å²) in [5.74, 6) is -0.741. The highest BCUT2D eigenvalue weighted by Gasteiger charge is 2.51. The van der Waals surface area contributed by atoms with E-state index in [1.807, 2.05) is 0 Å². The van der Waals surface area contributed by atoms with Crippen molar-refractivity contribution in [1.29, 1.82) is 0 Å². The second-order valence-electron chi connectivity index (χ2n) is 10.8. The molecule has 1 aliphatic carbocycles. The number of carbonyl (C=O) groups excluding carboxylic acids is 2. The number of phenols is 1. The molecule has 3 aromatic rings. The standard InChI is InChI=1S/C29H30ClFN6O4/c1-16(38)8-9-24(40)36-11-12-37(22-14-21(22)36)28-18-13-19(30)26(25-20(31)6-3-7-23(25)39)32-27(18)33-29(34-28)41-15-17-5-4-10-35(17)2/h3,6-9,13,17,21-22,39H,4-5,10-12,14-15H2,1-2H3/b9-8+/t17-,21?,22?/m0/s1. The lowest BCUT2D eigenvalue weighted by Crippen LogP contribution is -2.48. The summed E-state index contributed by atoms with van der Waals surface area (Å²) in [6, 6.07) is 6.03. The van der Waals surface area contributed by atoms with Crippen molar-refractivity contribution in [3.05, 3.63) is 47.3 Å². The molecule has 3 aliphatic rings. The zero-order chi connectivity index (χ0) is 28.8. The van der Waals surface area contributed by atoms with E-state index in [9.17, 15) is 19.1 Å². The van der Waals surface area contributed by atoms with Gasteiger partial charge >= 0.3 is 6.01 Å². The molecule has 0 radical (unpaired) electrons. The Balaban J connectivity index is 1.37. The summed E-state index contributed by atoms with van der Waals surface area (Å²) in [5, 5.41) is 11.1. The number of halogens is 2. The number of hydrogen-bond donors (Lipinski definition) is 1. The number of amides is 1. The Kier molecular flexibility index (Phi) is 7.25. The third-order valence-electron chi connectivity index (χ3n) is 8.03. The quantitative estimate of drug-likeness (QED) is 0.419. The van der Waals surface area contributed by atoms with Crippen molar-refractivity contribution in [3.8, 4) is 23.0 Å². The summed E-state index contributed by atoms with van der Waals surface area (Å²) in [4.78, 5) is 44.1. The lowest BCUT2D eigenvalue weighted by Gasteiger charge is -2.35. The van der Waals surface area contributed by atoms with Gasteiger partial charge in [-0.15, -0.1) is 0 Å². The number of aromatic nitrogens is 3. The molecule has 1 aromatic carbocycles. The number of phenolic OH excluding ortho intramolecular Hbond substituents is 1. The highest BCUT2D eigenvalue weighted by Crippen LogP contribution is 2.43. The Hall–Kier alpha value is -3.83. The molecule has 2 aromatic heterocycles. The first-order valence-electron chi connectivity index (χ1n) is 13.7. The fraction of sp³-hybridized carbons (Fsp3) is 0.414. The van der Waals surface area contributed by atoms with Gasteiger partial charge in [0.05, 0.1) is 33.7 Å². The number of allylic oxidation sites excluding steroid dienone is 1. The molecule has 12 heteroatoms. The van der Waals surface area contributed by atoms with Crippen LogP contribution in [0.5, 0.6) is 11.8 Å². The van der Waals surface area contributed by atoms with Crippen molar-refractivity contribution in [1.82, 2.24) is 24.8 Å². The number of ether oxygens (including phenoxy) is 1. The predicted octanol–water partition coefficient (Wildman–Crippen LogP) is 3.60. The lowest BCUT2D eigenvalue weighted by atomic mass is 10.1. The van der Waals surface area contributed by atoms with Crippen LogP contribution in [0.15, 0.2) is 36.4 Å². The van der Waals surface area contributed by atoms with E-state index in [1.165, 1.54) is 37.3 Å². The van der Waals surface area contributed by atoms with Crippen molar-refractivity contribution in [3.63, 3.8) is 0 Å². The SMILES string of the molecule is CC(=O)/C=C/C(=O)N1CCN(c2nc(OC[C@@H]3CCCN3C)nc3nc(-c4c(O)cccc4F)c(Cl)cc23)C2CC21. The highest BCUT2D eigenvalue weighted by molar-refractivity contribution is 6.34. The fourth-order valence-corrected chi connectivity index (χ4v) is 6.01. The predicted molar refractivity (Wildman–Crippen MR) is 152 cm³/mol. The number of carbonyl (C=O) groups is 2. The van der Waals surface area contributed by atoms with Gasteiger partial charge in [0.2, 0.25) is 5.91 Å². The fourth-order valence-electron chi connectivity index (χ4n) is 5.77. The molecule has 2 unspecified atom stereocenters. The van der Waals surface area contributed by atoms with Crippen LogP contribution >= 0.6 is 11.6 Å². The number of pyridine rings is 1. The number of likely N-dealkylation sites (N-methyl/N-ethyl adjacent to an activating group) is 1. The average Bonchev–Trinajstić information content (AvgIpc) is 3.64. The number of hydrogen-bond acceptors (Lipinski definition) is 9. The topological polar surface area (TPSA) is 112 Å². The Morgan fingerprint density at radius 1 is 1.17 bits per heavy atom. The van der Waals surface area contributed by atoms with Crippen LogP contribution in [-0.2, 0) is 9.59 Å². The smallest absolute Gasteiger partial charge is 0.320 e. The monoisotopic (exact) mass is 580 g/mol. The summed E-state index contributed by atoms with van der Waals surface area (Å²) >= 11 is 6.63. The molecule has 4 heterocycles. The number of piperazine rings is 1. The molecule has 3 atom stereocenters. The van der Waals surface area contributed by atoms with E-state index in [0.717, 1.165) is 25.8 Å². The Labute approximate surface area is 241 Å². The second kappa shape index (κ2) is 10.9. The largest absolute Gasteiger partial charge is 0.507 e. The van der Waals surface area contributed by atoms with Crippen molar-refractivity contribution in [2.75, 3.05) is 38.2 Å². The van der Waals surface area contributed by atoms with Crippen molar-refractivity contribution >= 4 is 40.1 Å². The van der Waals surface area contributed by atoms with Gasteiger partial charge in [0.1, 0.15) is 24.0 Å². The van der Waals surface area contributed by atoms with Crippen LogP contribution in [0.25, 0.3) is 22.3 Å². The van der Waals surface area contributed by atoms with E-state index in [4.69, 9.17) is 21.3 Å². The van der Waals surface area contributed by atoms with Crippen LogP contribution in [0.3, 0.4) is 0 Å².